The first-order valence-electron chi connectivity index (χ1n) is 6.73. The molecule has 0 aromatic rings. The predicted molar refractivity (Wildman–Crippen MR) is 65.2 cm³/mol. The fourth-order valence-corrected chi connectivity index (χ4v) is 3.05. The van der Waals surface area contributed by atoms with E-state index in [1.165, 1.54) is 25.7 Å². The number of hydrogen-bond donors (Lipinski definition) is 1. The van der Waals surface area contributed by atoms with Crippen molar-refractivity contribution >= 4 is 5.91 Å². The number of carbonyl (C=O) groups excluding carboxylic acids is 1. The van der Waals surface area contributed by atoms with Crippen molar-refractivity contribution in [3.63, 3.8) is 0 Å². The van der Waals surface area contributed by atoms with Crippen molar-refractivity contribution in [3.8, 4) is 0 Å². The van der Waals surface area contributed by atoms with E-state index in [4.69, 9.17) is 0 Å². The summed E-state index contributed by atoms with van der Waals surface area (Å²) >= 11 is 0. The van der Waals surface area contributed by atoms with Gasteiger partial charge >= 0.3 is 0 Å². The molecule has 1 aliphatic carbocycles. The Hall–Kier alpha value is -0.570. The van der Waals surface area contributed by atoms with Crippen molar-refractivity contribution in [3.05, 3.63) is 0 Å². The summed E-state index contributed by atoms with van der Waals surface area (Å²) in [5.74, 6) is 1.44. The molecule has 3 nitrogen and oxygen atoms in total. The van der Waals surface area contributed by atoms with Gasteiger partial charge in [0.2, 0.25) is 5.91 Å². The average Bonchev–Trinajstić information content (AvgIpc) is 2.82. The molecule has 0 atom stereocenters. The molecule has 1 aliphatic heterocycles. The minimum Gasteiger partial charge on any atom is -0.345 e. The first-order chi connectivity index (χ1) is 7.77. The van der Waals surface area contributed by atoms with E-state index in [1.54, 1.807) is 0 Å². The highest BCUT2D eigenvalue weighted by molar-refractivity contribution is 5.78. The average molecular weight is 224 g/mol. The van der Waals surface area contributed by atoms with Gasteiger partial charge < -0.3 is 10.2 Å². The van der Waals surface area contributed by atoms with Crippen LogP contribution in [0.4, 0.5) is 0 Å². The van der Waals surface area contributed by atoms with Crippen LogP contribution in [0.25, 0.3) is 0 Å². The maximum Gasteiger partial charge on any atom is 0.225 e. The predicted octanol–water partition coefficient (Wildman–Crippen LogP) is 1.63. The van der Waals surface area contributed by atoms with Gasteiger partial charge in [-0.05, 0) is 44.7 Å². The molecule has 0 aromatic heterocycles. The van der Waals surface area contributed by atoms with Gasteiger partial charge in [0.05, 0.1) is 0 Å². The summed E-state index contributed by atoms with van der Waals surface area (Å²) in [4.78, 5) is 14.2. The standard InChI is InChI=1S/C13H24N2O/c1-15(10-11-4-2-3-5-11)13(16)12-6-8-14-9-7-12/h11-12,14H,2-10H2,1H3. The molecule has 2 fully saturated rings. The van der Waals surface area contributed by atoms with Crippen LogP contribution >= 0.6 is 0 Å². The van der Waals surface area contributed by atoms with E-state index in [-0.39, 0.29) is 5.92 Å². The summed E-state index contributed by atoms with van der Waals surface area (Å²) in [7, 11) is 1.99. The van der Waals surface area contributed by atoms with Crippen molar-refractivity contribution in [1.82, 2.24) is 10.2 Å². The fraction of sp³-hybridized carbons (Fsp3) is 0.923. The Morgan fingerprint density at radius 3 is 2.44 bits per heavy atom. The largest absolute Gasteiger partial charge is 0.345 e. The smallest absolute Gasteiger partial charge is 0.225 e. The van der Waals surface area contributed by atoms with Crippen molar-refractivity contribution < 1.29 is 4.79 Å². The zero-order chi connectivity index (χ0) is 11.4. The Morgan fingerprint density at radius 1 is 1.19 bits per heavy atom. The minimum absolute atomic E-state index is 0.285. The van der Waals surface area contributed by atoms with E-state index in [0.717, 1.165) is 38.4 Å². The molecule has 0 aromatic carbocycles. The molecule has 92 valence electrons. The molecule has 1 N–H and O–H groups in total. The molecule has 1 saturated carbocycles. The zero-order valence-electron chi connectivity index (χ0n) is 10.4. The van der Waals surface area contributed by atoms with Crippen LogP contribution in [0.1, 0.15) is 38.5 Å². The highest BCUT2D eigenvalue weighted by Crippen LogP contribution is 2.26. The van der Waals surface area contributed by atoms with Crippen LogP contribution in [0, 0.1) is 11.8 Å². The van der Waals surface area contributed by atoms with Gasteiger partial charge in [-0.15, -0.1) is 0 Å². The van der Waals surface area contributed by atoms with E-state index in [9.17, 15) is 4.79 Å². The van der Waals surface area contributed by atoms with E-state index < -0.39 is 0 Å². The Labute approximate surface area is 98.6 Å². The summed E-state index contributed by atoms with van der Waals surface area (Å²) in [6.45, 7) is 3.00. The number of rotatable bonds is 3. The lowest BCUT2D eigenvalue weighted by atomic mass is 9.96. The lowest BCUT2D eigenvalue weighted by molar-refractivity contribution is -0.135. The highest BCUT2D eigenvalue weighted by atomic mass is 16.2. The van der Waals surface area contributed by atoms with E-state index in [1.807, 2.05) is 11.9 Å². The maximum absolute atomic E-state index is 12.2. The first-order valence-corrected chi connectivity index (χ1v) is 6.73. The van der Waals surface area contributed by atoms with Crippen LogP contribution in [-0.2, 0) is 4.79 Å². The molecule has 0 radical (unpaired) electrons. The van der Waals surface area contributed by atoms with Crippen LogP contribution in [0.5, 0.6) is 0 Å². The van der Waals surface area contributed by atoms with E-state index >= 15 is 0 Å². The number of nitrogens with one attached hydrogen (secondary N) is 1. The van der Waals surface area contributed by atoms with Crippen molar-refractivity contribution in [1.29, 1.82) is 0 Å². The zero-order valence-corrected chi connectivity index (χ0v) is 10.4. The summed E-state index contributed by atoms with van der Waals surface area (Å²) in [6, 6.07) is 0. The van der Waals surface area contributed by atoms with Crippen LogP contribution in [0.15, 0.2) is 0 Å². The molecule has 0 bridgehead atoms. The third-order valence-electron chi connectivity index (χ3n) is 4.07. The van der Waals surface area contributed by atoms with E-state index in [2.05, 4.69) is 5.32 Å². The Balaban J connectivity index is 1.78. The van der Waals surface area contributed by atoms with Crippen LogP contribution in [-0.4, -0.2) is 37.5 Å². The second-order valence-corrected chi connectivity index (χ2v) is 5.39. The lowest BCUT2D eigenvalue weighted by Crippen LogP contribution is -2.40. The SMILES string of the molecule is CN(CC1CCCC1)C(=O)C1CCNCC1. The van der Waals surface area contributed by atoms with Crippen molar-refractivity contribution in [2.45, 2.75) is 38.5 Å². The number of hydrogen-bond acceptors (Lipinski definition) is 2. The molecule has 3 heteroatoms. The molecule has 0 spiro atoms. The summed E-state index contributed by atoms with van der Waals surface area (Å²) in [5.41, 5.74) is 0. The van der Waals surface area contributed by atoms with Crippen LogP contribution in [0.2, 0.25) is 0 Å². The molecule has 0 unspecified atom stereocenters. The summed E-state index contributed by atoms with van der Waals surface area (Å²) < 4.78 is 0. The highest BCUT2D eigenvalue weighted by Gasteiger charge is 2.26. The molecule has 1 saturated heterocycles. The second kappa shape index (κ2) is 5.67. The molecule has 16 heavy (non-hydrogen) atoms. The Morgan fingerprint density at radius 2 is 1.81 bits per heavy atom. The second-order valence-electron chi connectivity index (χ2n) is 5.39. The van der Waals surface area contributed by atoms with Gasteiger partial charge in [-0.1, -0.05) is 12.8 Å². The van der Waals surface area contributed by atoms with Gasteiger partial charge in [-0.25, -0.2) is 0 Å². The normalized spacial score (nSPS) is 23.6. The quantitative estimate of drug-likeness (QED) is 0.790. The minimum atomic E-state index is 0.285. The number of piperidine rings is 1. The van der Waals surface area contributed by atoms with Crippen LogP contribution in [0.3, 0.4) is 0 Å². The molecule has 1 amide bonds. The Bertz CT molecular complexity index is 230. The van der Waals surface area contributed by atoms with Gasteiger partial charge in [0, 0.05) is 19.5 Å². The third-order valence-corrected chi connectivity index (χ3v) is 4.07. The van der Waals surface area contributed by atoms with Crippen molar-refractivity contribution in [2.75, 3.05) is 26.7 Å². The van der Waals surface area contributed by atoms with Crippen molar-refractivity contribution in [2.24, 2.45) is 11.8 Å². The summed E-state index contributed by atoms with van der Waals surface area (Å²) in [5, 5.41) is 3.31. The molecule has 2 aliphatic rings. The fourth-order valence-electron chi connectivity index (χ4n) is 3.05. The van der Waals surface area contributed by atoms with Gasteiger partial charge in [0.1, 0.15) is 0 Å². The molecule has 2 rings (SSSR count). The van der Waals surface area contributed by atoms with Gasteiger partial charge in [-0.2, -0.15) is 0 Å². The van der Waals surface area contributed by atoms with E-state index in [0.29, 0.717) is 5.91 Å². The monoisotopic (exact) mass is 224 g/mol. The topological polar surface area (TPSA) is 32.3 Å². The van der Waals surface area contributed by atoms with Crippen LogP contribution < -0.4 is 5.32 Å². The molecular formula is C13H24N2O. The molecule has 1 heterocycles. The number of nitrogens with zero attached hydrogens (tertiary/aromatic N) is 1. The lowest BCUT2D eigenvalue weighted by Gasteiger charge is -2.28. The maximum atomic E-state index is 12.2. The molecular weight excluding hydrogens is 200 g/mol. The van der Waals surface area contributed by atoms with Gasteiger partial charge in [-0.3, -0.25) is 4.79 Å². The summed E-state index contributed by atoms with van der Waals surface area (Å²) in [6.07, 6.45) is 7.41. The number of carbonyl (C=O) groups is 1. The number of amides is 1. The van der Waals surface area contributed by atoms with Gasteiger partial charge in [0.25, 0.3) is 0 Å². The van der Waals surface area contributed by atoms with Gasteiger partial charge in [0.15, 0.2) is 0 Å². The Kier molecular flexibility index (Phi) is 4.22. The first kappa shape index (κ1) is 11.9. The third kappa shape index (κ3) is 2.97.